The molecule has 0 atom stereocenters. The molecule has 0 spiro atoms. The molecule has 0 radical (unpaired) electrons. The lowest BCUT2D eigenvalue weighted by Crippen LogP contribution is -1.98. The summed E-state index contributed by atoms with van der Waals surface area (Å²) >= 11 is 5.82. The number of aromatic carboxylic acids is 1. The predicted molar refractivity (Wildman–Crippen MR) is 61.3 cm³/mol. The Kier molecular flexibility index (Phi) is 4.10. The lowest BCUT2D eigenvalue weighted by atomic mass is 10.2. The molecular weight excluding hydrogens is 242 g/mol. The molecule has 0 saturated carbocycles. The standard InChI is InChI=1S/C11H6ClN3O2/c12-9-2-1-8(11(16)17)3-10(9)15-6-7(4-13)5-14/h1-3,6,15H,(H,16,17). The second kappa shape index (κ2) is 5.55. The quantitative estimate of drug-likeness (QED) is 0.799. The van der Waals surface area contributed by atoms with Crippen LogP contribution < -0.4 is 5.32 Å². The molecule has 0 amide bonds. The Labute approximate surface area is 102 Å². The van der Waals surface area contributed by atoms with E-state index < -0.39 is 5.97 Å². The number of hydrogen-bond donors (Lipinski definition) is 2. The van der Waals surface area contributed by atoms with E-state index in [4.69, 9.17) is 27.2 Å². The number of carboxylic acid groups (broad SMARTS) is 1. The van der Waals surface area contributed by atoms with Crippen LogP contribution >= 0.6 is 11.6 Å². The summed E-state index contributed by atoms with van der Waals surface area (Å²) in [6, 6.07) is 7.40. The summed E-state index contributed by atoms with van der Waals surface area (Å²) in [5.74, 6) is -1.09. The summed E-state index contributed by atoms with van der Waals surface area (Å²) in [4.78, 5) is 10.7. The van der Waals surface area contributed by atoms with E-state index in [0.29, 0.717) is 10.7 Å². The van der Waals surface area contributed by atoms with Crippen LogP contribution in [-0.4, -0.2) is 11.1 Å². The number of carbonyl (C=O) groups is 1. The van der Waals surface area contributed by atoms with Crippen LogP contribution in [0.2, 0.25) is 5.02 Å². The topological polar surface area (TPSA) is 96.9 Å². The number of halogens is 1. The number of nitrogens with one attached hydrogen (secondary N) is 1. The number of benzene rings is 1. The molecule has 84 valence electrons. The van der Waals surface area contributed by atoms with E-state index in [9.17, 15) is 4.79 Å². The SMILES string of the molecule is N#CC(C#N)=CNc1cc(C(=O)O)ccc1Cl. The van der Waals surface area contributed by atoms with Crippen LogP contribution in [-0.2, 0) is 0 Å². The normalized spacial score (nSPS) is 8.65. The summed E-state index contributed by atoms with van der Waals surface area (Å²) in [5.41, 5.74) is 0.233. The van der Waals surface area contributed by atoms with Crippen molar-refractivity contribution in [2.75, 3.05) is 5.32 Å². The van der Waals surface area contributed by atoms with Gasteiger partial charge in [0.25, 0.3) is 0 Å². The minimum absolute atomic E-state index is 0.0563. The van der Waals surface area contributed by atoms with Crippen LogP contribution in [0.5, 0.6) is 0 Å². The number of nitrogens with zero attached hydrogens (tertiary/aromatic N) is 2. The second-order valence-electron chi connectivity index (χ2n) is 2.93. The number of allylic oxidation sites excluding steroid dienone is 1. The van der Waals surface area contributed by atoms with Crippen molar-refractivity contribution in [2.45, 2.75) is 0 Å². The molecule has 1 aromatic carbocycles. The van der Waals surface area contributed by atoms with Gasteiger partial charge in [-0.25, -0.2) is 4.79 Å². The Morgan fingerprint density at radius 3 is 2.59 bits per heavy atom. The van der Waals surface area contributed by atoms with Gasteiger partial charge in [-0.1, -0.05) is 11.6 Å². The Balaban J connectivity index is 3.04. The van der Waals surface area contributed by atoms with Gasteiger partial charge >= 0.3 is 5.97 Å². The first-order chi connectivity index (χ1) is 8.08. The molecule has 6 heteroatoms. The van der Waals surface area contributed by atoms with Crippen LogP contribution in [0.3, 0.4) is 0 Å². The fraction of sp³-hybridized carbons (Fsp3) is 0. The third-order valence-electron chi connectivity index (χ3n) is 1.83. The Morgan fingerprint density at radius 1 is 1.41 bits per heavy atom. The number of carboxylic acids is 1. The summed E-state index contributed by atoms with van der Waals surface area (Å²) in [6.45, 7) is 0. The molecule has 0 fully saturated rings. The first-order valence-corrected chi connectivity index (χ1v) is 4.76. The van der Waals surface area contributed by atoms with Gasteiger partial charge < -0.3 is 10.4 Å². The van der Waals surface area contributed by atoms with Crippen molar-refractivity contribution in [3.63, 3.8) is 0 Å². The van der Waals surface area contributed by atoms with Gasteiger partial charge in [0.2, 0.25) is 0 Å². The summed E-state index contributed by atoms with van der Waals surface area (Å²) in [5, 5.41) is 28.7. The summed E-state index contributed by atoms with van der Waals surface area (Å²) < 4.78 is 0. The third-order valence-corrected chi connectivity index (χ3v) is 2.16. The van der Waals surface area contributed by atoms with Crippen LogP contribution in [0.25, 0.3) is 0 Å². The zero-order valence-corrected chi connectivity index (χ0v) is 9.19. The van der Waals surface area contributed by atoms with Crippen molar-refractivity contribution in [1.29, 1.82) is 10.5 Å². The van der Waals surface area contributed by atoms with Gasteiger partial charge in [0.15, 0.2) is 0 Å². The van der Waals surface area contributed by atoms with Crippen molar-refractivity contribution >= 4 is 23.3 Å². The van der Waals surface area contributed by atoms with Crippen LogP contribution in [0.15, 0.2) is 30.0 Å². The average Bonchev–Trinajstić information content (AvgIpc) is 2.32. The Hall–Kier alpha value is -2.50. The zero-order chi connectivity index (χ0) is 12.8. The van der Waals surface area contributed by atoms with Gasteiger partial charge in [0.1, 0.15) is 17.7 Å². The maximum atomic E-state index is 10.7. The fourth-order valence-electron chi connectivity index (χ4n) is 1.01. The highest BCUT2D eigenvalue weighted by molar-refractivity contribution is 6.33. The highest BCUT2D eigenvalue weighted by atomic mass is 35.5. The third kappa shape index (κ3) is 3.23. The van der Waals surface area contributed by atoms with E-state index in [1.54, 1.807) is 12.1 Å². The summed E-state index contributed by atoms with van der Waals surface area (Å²) in [7, 11) is 0. The second-order valence-corrected chi connectivity index (χ2v) is 3.33. The van der Waals surface area contributed by atoms with Crippen LogP contribution in [0.1, 0.15) is 10.4 Å². The molecule has 0 aliphatic carbocycles. The minimum atomic E-state index is -1.09. The molecule has 0 unspecified atom stereocenters. The zero-order valence-electron chi connectivity index (χ0n) is 8.44. The number of nitriles is 2. The maximum Gasteiger partial charge on any atom is 0.335 e. The molecule has 0 aromatic heterocycles. The lowest BCUT2D eigenvalue weighted by Gasteiger charge is -2.04. The molecule has 0 saturated heterocycles. The first kappa shape index (κ1) is 12.6. The van der Waals surface area contributed by atoms with Crippen LogP contribution in [0.4, 0.5) is 5.69 Å². The molecule has 1 aromatic rings. The number of anilines is 1. The molecule has 0 bridgehead atoms. The molecule has 0 aliphatic rings. The van der Waals surface area contributed by atoms with E-state index in [1.807, 2.05) is 0 Å². The highest BCUT2D eigenvalue weighted by Gasteiger charge is 2.06. The maximum absolute atomic E-state index is 10.7. The van der Waals surface area contributed by atoms with E-state index in [1.165, 1.54) is 18.2 Å². The van der Waals surface area contributed by atoms with Crippen LogP contribution in [0, 0.1) is 22.7 Å². The predicted octanol–water partition coefficient (Wildman–Crippen LogP) is 2.38. The molecule has 0 heterocycles. The van der Waals surface area contributed by atoms with Gasteiger partial charge in [0, 0.05) is 6.20 Å². The number of hydrogen-bond acceptors (Lipinski definition) is 4. The van der Waals surface area contributed by atoms with Crippen molar-refractivity contribution in [2.24, 2.45) is 0 Å². The molecule has 1 rings (SSSR count). The van der Waals surface area contributed by atoms with Gasteiger partial charge in [0.05, 0.1) is 16.3 Å². The smallest absolute Gasteiger partial charge is 0.335 e. The minimum Gasteiger partial charge on any atom is -0.478 e. The molecule has 17 heavy (non-hydrogen) atoms. The Bertz CT molecular complexity index is 551. The van der Waals surface area contributed by atoms with Crippen molar-refractivity contribution in [1.82, 2.24) is 0 Å². The highest BCUT2D eigenvalue weighted by Crippen LogP contribution is 2.23. The van der Waals surface area contributed by atoms with Crippen molar-refractivity contribution < 1.29 is 9.90 Å². The largest absolute Gasteiger partial charge is 0.478 e. The van der Waals surface area contributed by atoms with E-state index >= 15 is 0 Å². The fourth-order valence-corrected chi connectivity index (χ4v) is 1.18. The van der Waals surface area contributed by atoms with Gasteiger partial charge in [-0.3, -0.25) is 0 Å². The van der Waals surface area contributed by atoms with E-state index in [-0.39, 0.29) is 11.1 Å². The molecular formula is C11H6ClN3O2. The van der Waals surface area contributed by atoms with Gasteiger partial charge in [-0.2, -0.15) is 10.5 Å². The van der Waals surface area contributed by atoms with Gasteiger partial charge in [-0.05, 0) is 18.2 Å². The molecule has 0 aliphatic heterocycles. The van der Waals surface area contributed by atoms with Crippen molar-refractivity contribution in [3.8, 4) is 12.1 Å². The Morgan fingerprint density at radius 2 is 2.06 bits per heavy atom. The van der Waals surface area contributed by atoms with E-state index in [0.717, 1.165) is 6.20 Å². The average molecular weight is 248 g/mol. The van der Waals surface area contributed by atoms with Gasteiger partial charge in [-0.15, -0.1) is 0 Å². The molecule has 2 N–H and O–H groups in total. The first-order valence-electron chi connectivity index (χ1n) is 4.38. The monoisotopic (exact) mass is 247 g/mol. The number of rotatable bonds is 3. The lowest BCUT2D eigenvalue weighted by molar-refractivity contribution is 0.0697. The summed E-state index contributed by atoms with van der Waals surface area (Å²) in [6.07, 6.45) is 1.16. The van der Waals surface area contributed by atoms with Crippen molar-refractivity contribution in [3.05, 3.63) is 40.6 Å². The molecule has 5 nitrogen and oxygen atoms in total. The van der Waals surface area contributed by atoms with E-state index in [2.05, 4.69) is 5.32 Å².